The number of carbonyl (C=O) groups is 2. The largest absolute Gasteiger partial charge is 0.383 e. The number of piperidine rings is 1. The number of aryl methyl sites for hydroxylation is 2. The Bertz CT molecular complexity index is 1020. The van der Waals surface area contributed by atoms with Crippen molar-refractivity contribution in [1.29, 1.82) is 0 Å². The van der Waals surface area contributed by atoms with Gasteiger partial charge in [-0.25, -0.2) is 0 Å². The smallest absolute Gasteiger partial charge is 0.277 e. The van der Waals surface area contributed by atoms with Gasteiger partial charge in [0.05, 0.1) is 18.7 Å². The highest BCUT2D eigenvalue weighted by atomic mass is 16.5. The van der Waals surface area contributed by atoms with Crippen LogP contribution in [0.2, 0.25) is 0 Å². The van der Waals surface area contributed by atoms with Gasteiger partial charge in [0.2, 0.25) is 0 Å². The van der Waals surface area contributed by atoms with Crippen molar-refractivity contribution >= 4 is 17.4 Å². The number of hydrogen-bond donors (Lipinski definition) is 0. The molecule has 2 aromatic rings. The summed E-state index contributed by atoms with van der Waals surface area (Å²) >= 11 is 0. The molecule has 0 N–H and O–H groups in total. The number of nitrogens with zero attached hydrogens (tertiary/aromatic N) is 2. The number of amides is 2. The lowest BCUT2D eigenvalue weighted by molar-refractivity contribution is -0.138. The van der Waals surface area contributed by atoms with Crippen molar-refractivity contribution in [3.05, 3.63) is 76.5 Å². The average molecular weight is 433 g/mol. The van der Waals surface area contributed by atoms with Crippen LogP contribution in [0.5, 0.6) is 0 Å². The summed E-state index contributed by atoms with van der Waals surface area (Å²) in [6.07, 6.45) is 3.08. The second kappa shape index (κ2) is 9.70. The summed E-state index contributed by atoms with van der Waals surface area (Å²) in [5.41, 5.74) is 5.58. The van der Waals surface area contributed by atoms with Gasteiger partial charge in [0.25, 0.3) is 11.8 Å². The maximum absolute atomic E-state index is 13.4. The van der Waals surface area contributed by atoms with Gasteiger partial charge in [-0.3, -0.25) is 14.5 Å². The molecule has 5 heteroatoms. The zero-order chi connectivity index (χ0) is 22.7. The van der Waals surface area contributed by atoms with Crippen molar-refractivity contribution < 1.29 is 14.3 Å². The molecule has 1 fully saturated rings. The summed E-state index contributed by atoms with van der Waals surface area (Å²) in [6.45, 7) is 6.29. The molecule has 4 rings (SSSR count). The monoisotopic (exact) mass is 432 g/mol. The summed E-state index contributed by atoms with van der Waals surface area (Å²) in [6, 6.07) is 16.6. The number of imide groups is 1. The maximum Gasteiger partial charge on any atom is 0.277 e. The lowest BCUT2D eigenvalue weighted by Gasteiger charge is -2.34. The lowest BCUT2D eigenvalue weighted by atomic mass is 9.89. The van der Waals surface area contributed by atoms with Crippen LogP contribution in [0.4, 0.5) is 0 Å². The molecule has 0 saturated carbocycles. The van der Waals surface area contributed by atoms with Crippen LogP contribution in [0.25, 0.3) is 5.57 Å². The first-order valence-electron chi connectivity index (χ1n) is 11.5. The van der Waals surface area contributed by atoms with Crippen LogP contribution in [0, 0.1) is 19.8 Å². The Morgan fingerprint density at radius 3 is 2.31 bits per heavy atom. The standard InChI is InChI=1S/C27H32N2O3/c1-19-9-10-23(17-20(19)2)24-25(27(31)29(26(24)30)15-16-32-3)28-13-11-22(12-14-28)18-21-7-5-4-6-8-21/h4-10,17,22H,11-16,18H2,1-3H3. The van der Waals surface area contributed by atoms with E-state index >= 15 is 0 Å². The summed E-state index contributed by atoms with van der Waals surface area (Å²) in [5, 5.41) is 0. The fraction of sp³-hybridized carbons (Fsp3) is 0.407. The summed E-state index contributed by atoms with van der Waals surface area (Å²) in [5.74, 6) is 0.189. The summed E-state index contributed by atoms with van der Waals surface area (Å²) in [4.78, 5) is 30.2. The van der Waals surface area contributed by atoms with E-state index in [4.69, 9.17) is 4.74 Å². The molecule has 1 saturated heterocycles. The Morgan fingerprint density at radius 1 is 0.938 bits per heavy atom. The van der Waals surface area contributed by atoms with Crippen LogP contribution < -0.4 is 0 Å². The van der Waals surface area contributed by atoms with Gasteiger partial charge in [-0.2, -0.15) is 0 Å². The van der Waals surface area contributed by atoms with Crippen LogP contribution in [-0.2, 0) is 20.7 Å². The Balaban J connectivity index is 1.59. The molecular formula is C27H32N2O3. The van der Waals surface area contributed by atoms with Gasteiger partial charge in [-0.05, 0) is 61.3 Å². The van der Waals surface area contributed by atoms with Crippen molar-refractivity contribution in [3.63, 3.8) is 0 Å². The number of likely N-dealkylation sites (tertiary alicyclic amines) is 1. The van der Waals surface area contributed by atoms with Crippen LogP contribution in [0.15, 0.2) is 54.2 Å². The number of benzene rings is 2. The minimum Gasteiger partial charge on any atom is -0.383 e. The Kier molecular flexibility index (Phi) is 6.75. The predicted octanol–water partition coefficient (Wildman–Crippen LogP) is 3.98. The minimum atomic E-state index is -0.211. The SMILES string of the molecule is COCCN1C(=O)C(c2ccc(C)c(C)c2)=C(N2CCC(Cc3ccccc3)CC2)C1=O. The zero-order valence-electron chi connectivity index (χ0n) is 19.3. The molecule has 0 radical (unpaired) electrons. The average Bonchev–Trinajstić information content (AvgIpc) is 3.05. The van der Waals surface area contributed by atoms with E-state index in [9.17, 15) is 9.59 Å². The number of methoxy groups -OCH3 is 1. The van der Waals surface area contributed by atoms with Crippen molar-refractivity contribution in [1.82, 2.24) is 9.80 Å². The van der Waals surface area contributed by atoms with Crippen LogP contribution in [0.1, 0.15) is 35.1 Å². The van der Waals surface area contributed by atoms with E-state index in [1.807, 2.05) is 31.2 Å². The van der Waals surface area contributed by atoms with Gasteiger partial charge in [0.15, 0.2) is 0 Å². The molecule has 2 heterocycles. The third-order valence-corrected chi connectivity index (χ3v) is 6.76. The molecule has 0 atom stereocenters. The second-order valence-electron chi connectivity index (χ2n) is 8.90. The fourth-order valence-electron chi connectivity index (χ4n) is 4.71. The van der Waals surface area contributed by atoms with Gasteiger partial charge < -0.3 is 9.64 Å². The molecular weight excluding hydrogens is 400 g/mol. The molecule has 2 aromatic carbocycles. The molecule has 0 unspecified atom stereocenters. The zero-order valence-corrected chi connectivity index (χ0v) is 19.3. The van der Waals surface area contributed by atoms with Gasteiger partial charge >= 0.3 is 0 Å². The Hall–Kier alpha value is -2.92. The van der Waals surface area contributed by atoms with E-state index in [1.165, 1.54) is 16.0 Å². The van der Waals surface area contributed by atoms with Crippen LogP contribution >= 0.6 is 0 Å². The van der Waals surface area contributed by atoms with E-state index < -0.39 is 0 Å². The second-order valence-corrected chi connectivity index (χ2v) is 8.90. The van der Waals surface area contributed by atoms with Crippen molar-refractivity contribution in [2.45, 2.75) is 33.1 Å². The maximum atomic E-state index is 13.4. The van der Waals surface area contributed by atoms with E-state index in [0.29, 0.717) is 23.8 Å². The number of ether oxygens (including phenoxy) is 1. The van der Waals surface area contributed by atoms with Crippen molar-refractivity contribution in [3.8, 4) is 0 Å². The molecule has 32 heavy (non-hydrogen) atoms. The summed E-state index contributed by atoms with van der Waals surface area (Å²) < 4.78 is 5.15. The number of rotatable bonds is 7. The van der Waals surface area contributed by atoms with Crippen LogP contribution in [0.3, 0.4) is 0 Å². The van der Waals surface area contributed by atoms with E-state index in [-0.39, 0.29) is 18.4 Å². The highest BCUT2D eigenvalue weighted by Gasteiger charge is 2.42. The van der Waals surface area contributed by atoms with Gasteiger partial charge in [-0.1, -0.05) is 48.5 Å². The molecule has 2 aliphatic heterocycles. The third kappa shape index (κ3) is 4.49. The highest BCUT2D eigenvalue weighted by Crippen LogP contribution is 2.35. The molecule has 168 valence electrons. The first kappa shape index (κ1) is 22.3. The predicted molar refractivity (Wildman–Crippen MR) is 126 cm³/mol. The number of hydrogen-bond acceptors (Lipinski definition) is 4. The topological polar surface area (TPSA) is 49.9 Å². The molecule has 0 spiro atoms. The molecule has 2 aliphatic rings. The quantitative estimate of drug-likeness (QED) is 0.621. The minimum absolute atomic E-state index is 0.193. The summed E-state index contributed by atoms with van der Waals surface area (Å²) in [7, 11) is 1.58. The molecule has 0 aromatic heterocycles. The Labute approximate surface area is 190 Å². The van der Waals surface area contributed by atoms with E-state index in [0.717, 1.165) is 43.5 Å². The van der Waals surface area contributed by atoms with E-state index in [1.54, 1.807) is 7.11 Å². The lowest BCUT2D eigenvalue weighted by Crippen LogP contribution is -2.40. The van der Waals surface area contributed by atoms with E-state index in [2.05, 4.69) is 36.1 Å². The third-order valence-electron chi connectivity index (χ3n) is 6.76. The normalized spacial score (nSPS) is 17.6. The first-order valence-corrected chi connectivity index (χ1v) is 11.5. The fourth-order valence-corrected chi connectivity index (χ4v) is 4.71. The Morgan fingerprint density at radius 2 is 1.66 bits per heavy atom. The molecule has 0 bridgehead atoms. The molecule has 0 aliphatic carbocycles. The van der Waals surface area contributed by atoms with Crippen molar-refractivity contribution in [2.75, 3.05) is 33.4 Å². The molecule has 5 nitrogen and oxygen atoms in total. The van der Waals surface area contributed by atoms with Crippen LogP contribution in [-0.4, -0.2) is 55.0 Å². The number of carbonyl (C=O) groups excluding carboxylic acids is 2. The first-order chi connectivity index (χ1) is 15.5. The van der Waals surface area contributed by atoms with Crippen molar-refractivity contribution in [2.24, 2.45) is 5.92 Å². The van der Waals surface area contributed by atoms with Gasteiger partial charge in [0.1, 0.15) is 5.70 Å². The highest BCUT2D eigenvalue weighted by molar-refractivity contribution is 6.35. The van der Waals surface area contributed by atoms with Gasteiger partial charge in [-0.15, -0.1) is 0 Å². The molecule has 2 amide bonds. The van der Waals surface area contributed by atoms with Gasteiger partial charge in [0, 0.05) is 20.2 Å².